The highest BCUT2D eigenvalue weighted by Crippen LogP contribution is 2.32. The van der Waals surface area contributed by atoms with Crippen LogP contribution in [-0.2, 0) is 0 Å². The Morgan fingerprint density at radius 3 is 2.40 bits per heavy atom. The summed E-state index contributed by atoms with van der Waals surface area (Å²) in [6.07, 6.45) is 10.3. The third-order valence-corrected chi connectivity index (χ3v) is 7.75. The number of aromatic nitrogens is 4. The third kappa shape index (κ3) is 5.91. The fourth-order valence-corrected chi connectivity index (χ4v) is 5.27. The molecule has 2 aliphatic carbocycles. The minimum absolute atomic E-state index is 0.0341. The normalized spacial score (nSPS) is 18.9. The smallest absolute Gasteiger partial charge is 0.276 e. The van der Waals surface area contributed by atoms with Crippen LogP contribution in [0.15, 0.2) is 55.0 Å². The summed E-state index contributed by atoms with van der Waals surface area (Å²) in [5.41, 5.74) is 2.24. The van der Waals surface area contributed by atoms with Gasteiger partial charge in [-0.15, -0.1) is 5.10 Å². The highest BCUT2D eigenvalue weighted by Gasteiger charge is 2.27. The predicted molar refractivity (Wildman–Crippen MR) is 152 cm³/mol. The number of rotatable bonds is 9. The average molecular weight is 562 g/mol. The van der Waals surface area contributed by atoms with Gasteiger partial charge in [0.1, 0.15) is 5.82 Å². The van der Waals surface area contributed by atoms with E-state index in [0.717, 1.165) is 50.4 Å². The number of nitrogens with one attached hydrogen (secondary N) is 3. The molecular weight excluding hydrogens is 533 g/mol. The molecule has 1 aromatic carbocycles. The van der Waals surface area contributed by atoms with Gasteiger partial charge >= 0.3 is 0 Å². The van der Waals surface area contributed by atoms with Crippen molar-refractivity contribution in [2.24, 2.45) is 5.92 Å². The number of hydrogen-bond donors (Lipinski definition) is 3. The first-order valence-electron chi connectivity index (χ1n) is 13.5. The molecule has 3 aromatic heterocycles. The lowest BCUT2D eigenvalue weighted by atomic mass is 9.82. The molecule has 2 fully saturated rings. The maximum absolute atomic E-state index is 14.1. The van der Waals surface area contributed by atoms with E-state index in [0.29, 0.717) is 40.4 Å². The molecule has 0 aliphatic heterocycles. The molecule has 3 N–H and O–H groups in total. The van der Waals surface area contributed by atoms with Crippen LogP contribution < -0.4 is 16.0 Å². The summed E-state index contributed by atoms with van der Waals surface area (Å²) in [7, 11) is 0. The number of amides is 1. The summed E-state index contributed by atoms with van der Waals surface area (Å²) in [6, 6.07) is 10.9. The Morgan fingerprint density at radius 2 is 1.68 bits per heavy atom. The molecule has 0 spiro atoms. The van der Waals surface area contributed by atoms with E-state index in [-0.39, 0.29) is 23.2 Å². The number of anilines is 3. The van der Waals surface area contributed by atoms with Gasteiger partial charge in [-0.05, 0) is 74.8 Å². The zero-order valence-electron chi connectivity index (χ0n) is 21.7. The van der Waals surface area contributed by atoms with Gasteiger partial charge in [0.25, 0.3) is 5.91 Å². The van der Waals surface area contributed by atoms with Crippen molar-refractivity contribution >= 4 is 46.1 Å². The van der Waals surface area contributed by atoms with Crippen LogP contribution in [-0.4, -0.2) is 43.4 Å². The minimum atomic E-state index is -0.624. The number of imidazole rings is 1. The fourth-order valence-electron chi connectivity index (χ4n) is 5.15. The molecule has 1 amide bonds. The van der Waals surface area contributed by atoms with Crippen LogP contribution >= 0.6 is 11.6 Å². The van der Waals surface area contributed by atoms with Crippen LogP contribution in [0.1, 0.15) is 65.8 Å². The summed E-state index contributed by atoms with van der Waals surface area (Å²) in [5.74, 6) is -0.0413. The highest BCUT2D eigenvalue weighted by atomic mass is 35.5. The lowest BCUT2D eigenvalue weighted by Crippen LogP contribution is -2.28. The van der Waals surface area contributed by atoms with Crippen LogP contribution in [0, 0.1) is 11.7 Å². The Kier molecular flexibility index (Phi) is 7.34. The Morgan fingerprint density at radius 1 is 0.950 bits per heavy atom. The molecule has 6 rings (SSSR count). The van der Waals surface area contributed by atoms with E-state index in [9.17, 15) is 14.0 Å². The lowest BCUT2D eigenvalue weighted by molar-refractivity contribution is 0.0948. The molecule has 0 radical (unpaired) electrons. The van der Waals surface area contributed by atoms with Crippen molar-refractivity contribution in [2.75, 3.05) is 16.0 Å². The average Bonchev–Trinajstić information content (AvgIpc) is 3.66. The van der Waals surface area contributed by atoms with Crippen molar-refractivity contribution in [1.29, 1.82) is 0 Å². The molecular formula is C29H29ClFN7O2. The number of halogens is 2. The van der Waals surface area contributed by atoms with Crippen LogP contribution in [0.25, 0.3) is 5.65 Å². The second kappa shape index (κ2) is 11.2. The largest absolute Gasteiger partial charge is 0.379 e. The topological polar surface area (TPSA) is 113 Å². The second-order valence-electron chi connectivity index (χ2n) is 10.5. The van der Waals surface area contributed by atoms with Crippen molar-refractivity contribution < 1.29 is 14.0 Å². The predicted octanol–water partition coefficient (Wildman–Crippen LogP) is 5.99. The van der Waals surface area contributed by atoms with Crippen molar-refractivity contribution in [3.8, 4) is 0 Å². The van der Waals surface area contributed by atoms with Crippen LogP contribution in [0.5, 0.6) is 0 Å². The number of nitrogens with zero attached hydrogens (tertiary/aromatic N) is 4. The van der Waals surface area contributed by atoms with E-state index in [1.54, 1.807) is 24.3 Å². The summed E-state index contributed by atoms with van der Waals surface area (Å²) < 4.78 is 15.6. The lowest BCUT2D eigenvalue weighted by Gasteiger charge is -2.29. The summed E-state index contributed by atoms with van der Waals surface area (Å²) in [6.45, 7) is 0. The first kappa shape index (κ1) is 26.2. The molecule has 40 heavy (non-hydrogen) atoms. The van der Waals surface area contributed by atoms with Gasteiger partial charge in [0.15, 0.2) is 22.9 Å². The number of benzene rings is 1. The molecule has 2 aliphatic rings. The maximum Gasteiger partial charge on any atom is 0.276 e. The monoisotopic (exact) mass is 561 g/mol. The first-order chi connectivity index (χ1) is 19.4. The molecule has 3 heterocycles. The van der Waals surface area contributed by atoms with Gasteiger partial charge < -0.3 is 16.0 Å². The zero-order chi connectivity index (χ0) is 27.6. The fraction of sp³-hybridized carbons (Fsp3) is 0.345. The molecule has 0 saturated heterocycles. The van der Waals surface area contributed by atoms with E-state index in [1.807, 2.05) is 6.07 Å². The van der Waals surface area contributed by atoms with Crippen LogP contribution in [0.3, 0.4) is 0 Å². The van der Waals surface area contributed by atoms with Gasteiger partial charge in [0, 0.05) is 41.4 Å². The van der Waals surface area contributed by atoms with Gasteiger partial charge in [-0.3, -0.25) is 14.6 Å². The SMILES string of the molecule is O=C(CC1CCC(Nc2cc(NC3CC3)c3ncc(C(=O)Nc4ccncc4F)n3n2)CC1)c1ccc(Cl)cc1. The molecule has 0 atom stereocenters. The number of carbonyl (C=O) groups excluding carboxylic acids is 2. The van der Waals surface area contributed by atoms with Crippen molar-refractivity contribution in [3.05, 3.63) is 77.1 Å². The van der Waals surface area contributed by atoms with Crippen LogP contribution in [0.4, 0.5) is 21.6 Å². The van der Waals surface area contributed by atoms with E-state index < -0.39 is 11.7 Å². The summed E-state index contributed by atoms with van der Waals surface area (Å²) in [4.78, 5) is 33.9. The molecule has 0 unspecified atom stereocenters. The van der Waals surface area contributed by atoms with Crippen molar-refractivity contribution in [2.45, 2.75) is 57.0 Å². The molecule has 4 aromatic rings. The Hall–Kier alpha value is -4.05. The maximum atomic E-state index is 14.1. The van der Waals surface area contributed by atoms with Crippen molar-refractivity contribution in [3.63, 3.8) is 0 Å². The Labute approximate surface area is 235 Å². The summed E-state index contributed by atoms with van der Waals surface area (Å²) >= 11 is 5.95. The summed E-state index contributed by atoms with van der Waals surface area (Å²) in [5, 5.41) is 14.9. The Bertz CT molecular complexity index is 1550. The number of ketones is 1. The van der Waals surface area contributed by atoms with Crippen LogP contribution in [0.2, 0.25) is 5.02 Å². The quantitative estimate of drug-likeness (QED) is 0.215. The second-order valence-corrected chi connectivity index (χ2v) is 11.0. The number of hydrogen-bond acceptors (Lipinski definition) is 7. The Balaban J connectivity index is 1.15. The third-order valence-electron chi connectivity index (χ3n) is 7.50. The number of fused-ring (bicyclic) bond motifs is 1. The number of carbonyl (C=O) groups is 2. The van der Waals surface area contributed by atoms with Crippen molar-refractivity contribution in [1.82, 2.24) is 19.6 Å². The highest BCUT2D eigenvalue weighted by molar-refractivity contribution is 6.30. The van der Waals surface area contributed by atoms with Gasteiger partial charge in [-0.2, -0.15) is 0 Å². The first-order valence-corrected chi connectivity index (χ1v) is 13.9. The van der Waals surface area contributed by atoms with E-state index in [4.69, 9.17) is 11.6 Å². The standard InChI is InChI=1S/C29H29ClFN7O2/c30-19-5-3-18(4-6-19)26(39)13-17-1-7-21(8-2-17)35-27-14-24(34-20-9-10-20)28-33-16-25(38(28)37-27)29(40)36-23-11-12-32-15-22(23)31/h3-6,11-12,14-17,20-21,34H,1-2,7-10,13H2,(H,35,37)(H,32,36,40). The van der Waals surface area contributed by atoms with Gasteiger partial charge in [-0.25, -0.2) is 13.9 Å². The molecule has 9 nitrogen and oxygen atoms in total. The molecule has 2 saturated carbocycles. The number of Topliss-reactive ketones (excluding diaryl/α,β-unsaturated/α-hetero) is 1. The molecule has 0 bridgehead atoms. The van der Waals surface area contributed by atoms with E-state index in [1.165, 1.54) is 23.0 Å². The minimum Gasteiger partial charge on any atom is -0.379 e. The molecule has 11 heteroatoms. The van der Waals surface area contributed by atoms with E-state index >= 15 is 0 Å². The van der Waals surface area contributed by atoms with Gasteiger partial charge in [0.05, 0.1) is 23.8 Å². The van der Waals surface area contributed by atoms with Gasteiger partial charge in [0.2, 0.25) is 0 Å². The van der Waals surface area contributed by atoms with Gasteiger partial charge in [-0.1, -0.05) is 11.6 Å². The zero-order valence-corrected chi connectivity index (χ0v) is 22.5. The molecule has 206 valence electrons. The number of pyridine rings is 1. The van der Waals surface area contributed by atoms with E-state index in [2.05, 4.69) is 31.0 Å².